The number of Topliss-reactive ketones (excluding diaryl/α,β-unsaturated/α-hetero) is 1. The van der Waals surface area contributed by atoms with Crippen molar-refractivity contribution < 1.29 is 33.0 Å². The van der Waals surface area contributed by atoms with Crippen molar-refractivity contribution in [1.82, 2.24) is 4.98 Å². The lowest BCUT2D eigenvalue weighted by molar-refractivity contribution is -0.132. The first-order chi connectivity index (χ1) is 17.3. The molecule has 2 aliphatic rings. The van der Waals surface area contributed by atoms with Gasteiger partial charge in [-0.25, -0.2) is 13.8 Å². The molecule has 0 aliphatic carbocycles. The molecule has 0 spiro atoms. The Hall–Kier alpha value is -4.31. The highest BCUT2D eigenvalue weighted by molar-refractivity contribution is 7.22. The van der Waals surface area contributed by atoms with E-state index < -0.39 is 29.4 Å². The molecule has 1 fully saturated rings. The van der Waals surface area contributed by atoms with Crippen molar-refractivity contribution in [2.45, 2.75) is 13.0 Å². The average molecular weight is 506 g/mol. The third-order valence-corrected chi connectivity index (χ3v) is 7.09. The maximum absolute atomic E-state index is 13.8. The summed E-state index contributed by atoms with van der Waals surface area (Å²) in [5, 5.41) is 11.4. The number of fused-ring (bicyclic) bond motifs is 2. The maximum atomic E-state index is 13.8. The van der Waals surface area contributed by atoms with Crippen molar-refractivity contribution in [2.24, 2.45) is 0 Å². The zero-order valence-corrected chi connectivity index (χ0v) is 19.4. The van der Waals surface area contributed by atoms with Gasteiger partial charge in [0.2, 0.25) is 6.79 Å². The number of aryl methyl sites for hydroxylation is 1. The highest BCUT2D eigenvalue weighted by Crippen LogP contribution is 2.45. The van der Waals surface area contributed by atoms with E-state index in [-0.39, 0.29) is 34.3 Å². The minimum absolute atomic E-state index is 0.0338. The minimum Gasteiger partial charge on any atom is -0.507 e. The van der Waals surface area contributed by atoms with Crippen LogP contribution in [0.25, 0.3) is 16.0 Å². The van der Waals surface area contributed by atoms with Crippen molar-refractivity contribution in [3.05, 3.63) is 88.5 Å². The molecule has 3 heterocycles. The molecule has 1 amide bonds. The summed E-state index contributed by atoms with van der Waals surface area (Å²) in [6, 6.07) is 12.8. The normalized spacial score (nSPS) is 18.4. The predicted octanol–water partition coefficient (Wildman–Crippen LogP) is 5.24. The highest BCUT2D eigenvalue weighted by atomic mass is 32.1. The van der Waals surface area contributed by atoms with Crippen LogP contribution in [0.4, 0.5) is 13.9 Å². The van der Waals surface area contributed by atoms with E-state index in [4.69, 9.17) is 9.47 Å². The summed E-state index contributed by atoms with van der Waals surface area (Å²) in [6.45, 7) is 1.89. The molecule has 6 rings (SSSR count). The van der Waals surface area contributed by atoms with Crippen LogP contribution in [0.15, 0.2) is 60.2 Å². The van der Waals surface area contributed by atoms with Crippen LogP contribution in [-0.2, 0) is 9.59 Å². The van der Waals surface area contributed by atoms with Gasteiger partial charge in [-0.05, 0) is 36.8 Å². The van der Waals surface area contributed by atoms with E-state index in [0.29, 0.717) is 21.8 Å². The summed E-state index contributed by atoms with van der Waals surface area (Å²) >= 11 is 0.946. The van der Waals surface area contributed by atoms with Crippen LogP contribution in [-0.4, -0.2) is 28.6 Å². The number of thiazole rings is 1. The van der Waals surface area contributed by atoms with Crippen molar-refractivity contribution in [2.75, 3.05) is 11.7 Å². The number of carbonyl (C=O) groups is 2. The van der Waals surface area contributed by atoms with Gasteiger partial charge in [0.1, 0.15) is 5.76 Å². The molecule has 4 aromatic rings. The second kappa shape index (κ2) is 8.13. The van der Waals surface area contributed by atoms with Crippen LogP contribution in [0.1, 0.15) is 22.7 Å². The van der Waals surface area contributed by atoms with E-state index in [1.54, 1.807) is 30.3 Å². The predicted molar refractivity (Wildman–Crippen MR) is 128 cm³/mol. The molecule has 1 unspecified atom stereocenters. The monoisotopic (exact) mass is 506 g/mol. The van der Waals surface area contributed by atoms with E-state index in [2.05, 4.69) is 4.98 Å². The smallest absolute Gasteiger partial charge is 0.301 e. The lowest BCUT2D eigenvalue weighted by atomic mass is 9.94. The zero-order valence-electron chi connectivity index (χ0n) is 18.6. The quantitative estimate of drug-likeness (QED) is 0.232. The lowest BCUT2D eigenvalue weighted by Gasteiger charge is -2.23. The molecule has 1 saturated heterocycles. The Morgan fingerprint density at radius 2 is 1.83 bits per heavy atom. The van der Waals surface area contributed by atoms with Crippen molar-refractivity contribution in [1.29, 1.82) is 0 Å². The molecule has 0 bridgehead atoms. The number of benzene rings is 3. The molecule has 1 atom stereocenters. The number of hydrogen-bond donors (Lipinski definition) is 1. The summed E-state index contributed by atoms with van der Waals surface area (Å²) in [4.78, 5) is 32.1. The van der Waals surface area contributed by atoms with Crippen LogP contribution in [0.3, 0.4) is 0 Å². The van der Waals surface area contributed by atoms with Gasteiger partial charge in [-0.3, -0.25) is 14.5 Å². The number of rotatable bonds is 3. The number of aliphatic hydroxyl groups is 1. The first-order valence-corrected chi connectivity index (χ1v) is 11.7. The molecular formula is C26H16F2N2O5S. The van der Waals surface area contributed by atoms with Gasteiger partial charge in [0.15, 0.2) is 28.3 Å². The Labute approximate surface area is 206 Å². The summed E-state index contributed by atoms with van der Waals surface area (Å²) in [6.07, 6.45) is 0. The van der Waals surface area contributed by atoms with Crippen LogP contribution in [0.5, 0.6) is 11.5 Å². The molecular weight excluding hydrogens is 490 g/mol. The topological polar surface area (TPSA) is 89.0 Å². The SMILES string of the molecule is Cc1cccc(C2/C(=C(\O)c3ccc4c(c3)OCO4)C(=O)C(=O)N2c2nc3cc(F)c(F)cc3s2)c1. The summed E-state index contributed by atoms with van der Waals surface area (Å²) in [7, 11) is 0. The average Bonchev–Trinajstić information content (AvgIpc) is 3.55. The Kier molecular flexibility index (Phi) is 5.01. The number of nitrogens with zero attached hydrogens (tertiary/aromatic N) is 2. The van der Waals surface area contributed by atoms with Gasteiger partial charge in [0, 0.05) is 11.6 Å². The van der Waals surface area contributed by atoms with Crippen LogP contribution >= 0.6 is 11.3 Å². The van der Waals surface area contributed by atoms with Crippen LogP contribution < -0.4 is 14.4 Å². The number of aromatic nitrogens is 1. The molecule has 7 nitrogen and oxygen atoms in total. The molecule has 180 valence electrons. The summed E-state index contributed by atoms with van der Waals surface area (Å²) < 4.78 is 38.6. The van der Waals surface area contributed by atoms with Gasteiger partial charge in [-0.2, -0.15) is 0 Å². The number of aliphatic hydroxyl groups excluding tert-OH is 1. The first kappa shape index (κ1) is 22.2. The van der Waals surface area contributed by atoms with E-state index in [9.17, 15) is 23.5 Å². The van der Waals surface area contributed by atoms with Gasteiger partial charge in [0.05, 0.1) is 21.8 Å². The molecule has 0 saturated carbocycles. The lowest BCUT2D eigenvalue weighted by Crippen LogP contribution is -2.29. The number of amides is 1. The molecule has 1 aromatic heterocycles. The number of halogens is 2. The van der Waals surface area contributed by atoms with Gasteiger partial charge in [-0.15, -0.1) is 0 Å². The number of ether oxygens (including phenoxy) is 2. The first-order valence-electron chi connectivity index (χ1n) is 10.8. The highest BCUT2D eigenvalue weighted by Gasteiger charge is 2.48. The van der Waals surface area contributed by atoms with Gasteiger partial charge < -0.3 is 14.6 Å². The fraction of sp³-hybridized carbons (Fsp3) is 0.115. The Bertz CT molecular complexity index is 1590. The van der Waals surface area contributed by atoms with Crippen LogP contribution in [0.2, 0.25) is 0 Å². The number of ketones is 1. The zero-order chi connectivity index (χ0) is 25.1. The van der Waals surface area contributed by atoms with E-state index in [1.165, 1.54) is 6.07 Å². The standard InChI is InChI=1S/C26H16F2N2O5S/c1-12-3-2-4-13(7-12)22-21(23(31)14-5-6-18-19(8-14)35-11-34-18)24(32)25(33)30(22)26-29-17-9-15(27)16(28)10-20(17)36-26/h2-10,22,31H,11H2,1H3/b23-21+. The van der Waals surface area contributed by atoms with E-state index in [0.717, 1.165) is 33.9 Å². The minimum atomic E-state index is -1.07. The summed E-state index contributed by atoms with van der Waals surface area (Å²) in [5.74, 6) is -3.43. The fourth-order valence-electron chi connectivity index (χ4n) is 4.40. The second-order valence-electron chi connectivity index (χ2n) is 8.38. The van der Waals surface area contributed by atoms with Gasteiger partial charge in [0.25, 0.3) is 5.78 Å². The third-order valence-electron chi connectivity index (χ3n) is 6.07. The van der Waals surface area contributed by atoms with Crippen LogP contribution in [0, 0.1) is 18.6 Å². The molecule has 0 radical (unpaired) electrons. The Balaban J connectivity index is 1.56. The number of carbonyl (C=O) groups excluding carboxylic acids is 2. The largest absolute Gasteiger partial charge is 0.507 e. The maximum Gasteiger partial charge on any atom is 0.301 e. The number of anilines is 1. The van der Waals surface area contributed by atoms with E-state index >= 15 is 0 Å². The van der Waals surface area contributed by atoms with Crippen molar-refractivity contribution in [3.63, 3.8) is 0 Å². The van der Waals surface area contributed by atoms with Gasteiger partial charge in [-0.1, -0.05) is 41.2 Å². The van der Waals surface area contributed by atoms with Crippen molar-refractivity contribution in [3.8, 4) is 11.5 Å². The Morgan fingerprint density at radius 1 is 1.06 bits per heavy atom. The van der Waals surface area contributed by atoms with Gasteiger partial charge >= 0.3 is 5.91 Å². The van der Waals surface area contributed by atoms with E-state index in [1.807, 2.05) is 13.0 Å². The molecule has 3 aromatic carbocycles. The molecule has 1 N–H and O–H groups in total. The van der Waals surface area contributed by atoms with Crippen molar-refractivity contribution >= 4 is 44.1 Å². The Morgan fingerprint density at radius 3 is 2.64 bits per heavy atom. The molecule has 10 heteroatoms. The molecule has 36 heavy (non-hydrogen) atoms. The third kappa shape index (κ3) is 3.41. The number of hydrogen-bond acceptors (Lipinski definition) is 7. The second-order valence-corrected chi connectivity index (χ2v) is 9.39. The molecule has 2 aliphatic heterocycles. The fourth-order valence-corrected chi connectivity index (χ4v) is 5.40. The summed E-state index contributed by atoms with van der Waals surface area (Å²) in [5.41, 5.74) is 1.71.